The van der Waals surface area contributed by atoms with Gasteiger partial charge in [0.15, 0.2) is 0 Å². The van der Waals surface area contributed by atoms with Crippen molar-refractivity contribution in [3.63, 3.8) is 0 Å². The number of aromatic nitrogens is 1. The number of aryl methyl sites for hydroxylation is 2. The first-order valence-electron chi connectivity index (χ1n) is 13.4. The van der Waals surface area contributed by atoms with Crippen molar-refractivity contribution in [1.29, 1.82) is 0 Å². The Balaban J connectivity index is 1.05. The summed E-state index contributed by atoms with van der Waals surface area (Å²) in [5, 5.41) is 3.42. The van der Waals surface area contributed by atoms with Crippen LogP contribution >= 0.6 is 0 Å². The molecule has 2 atom stereocenters. The SMILES string of the molecule is CC1(C)COC(c2ccc(F)cc2CN2CCC(OCCCCc3ccc4c(n3)NCCC4)C2)C1. The van der Waals surface area contributed by atoms with Crippen LogP contribution in [0.15, 0.2) is 30.3 Å². The van der Waals surface area contributed by atoms with Gasteiger partial charge < -0.3 is 14.8 Å². The van der Waals surface area contributed by atoms with E-state index in [9.17, 15) is 4.39 Å². The van der Waals surface area contributed by atoms with E-state index in [1.807, 2.05) is 6.07 Å². The predicted octanol–water partition coefficient (Wildman–Crippen LogP) is 5.68. The summed E-state index contributed by atoms with van der Waals surface area (Å²) in [5.74, 6) is 0.915. The third-order valence-electron chi connectivity index (χ3n) is 7.62. The van der Waals surface area contributed by atoms with Crippen LogP contribution in [0, 0.1) is 11.2 Å². The van der Waals surface area contributed by atoms with Gasteiger partial charge in [0, 0.05) is 38.5 Å². The number of fused-ring (bicyclic) bond motifs is 1. The Morgan fingerprint density at radius 3 is 3.00 bits per heavy atom. The van der Waals surface area contributed by atoms with E-state index in [2.05, 4.69) is 36.2 Å². The van der Waals surface area contributed by atoms with E-state index < -0.39 is 0 Å². The van der Waals surface area contributed by atoms with Crippen LogP contribution in [0.5, 0.6) is 0 Å². The van der Waals surface area contributed by atoms with Gasteiger partial charge in [-0.15, -0.1) is 0 Å². The number of ether oxygens (including phenoxy) is 2. The highest BCUT2D eigenvalue weighted by Gasteiger charge is 2.34. The Morgan fingerprint density at radius 2 is 2.14 bits per heavy atom. The fraction of sp³-hybridized carbons (Fsp3) is 0.621. The van der Waals surface area contributed by atoms with Gasteiger partial charge in [0.2, 0.25) is 0 Å². The number of pyridine rings is 1. The molecule has 190 valence electrons. The highest BCUT2D eigenvalue weighted by Crippen LogP contribution is 2.41. The fourth-order valence-corrected chi connectivity index (χ4v) is 5.65. The second-order valence-corrected chi connectivity index (χ2v) is 11.3. The maximum Gasteiger partial charge on any atom is 0.129 e. The van der Waals surface area contributed by atoms with E-state index in [1.54, 1.807) is 12.1 Å². The van der Waals surface area contributed by atoms with E-state index in [0.717, 1.165) is 94.9 Å². The molecule has 6 heteroatoms. The molecule has 0 bridgehead atoms. The second kappa shape index (κ2) is 10.9. The summed E-state index contributed by atoms with van der Waals surface area (Å²) in [5.41, 5.74) is 4.90. The molecule has 5 rings (SSSR count). The van der Waals surface area contributed by atoms with Gasteiger partial charge in [0.25, 0.3) is 0 Å². The van der Waals surface area contributed by atoms with Gasteiger partial charge in [-0.25, -0.2) is 9.37 Å². The number of nitrogens with zero attached hydrogens (tertiary/aromatic N) is 2. The number of halogens is 1. The summed E-state index contributed by atoms with van der Waals surface area (Å²) in [4.78, 5) is 7.19. The minimum Gasteiger partial charge on any atom is -0.377 e. The van der Waals surface area contributed by atoms with Gasteiger partial charge in [0.1, 0.15) is 11.6 Å². The van der Waals surface area contributed by atoms with E-state index in [0.29, 0.717) is 0 Å². The van der Waals surface area contributed by atoms with E-state index >= 15 is 0 Å². The quantitative estimate of drug-likeness (QED) is 0.467. The number of likely N-dealkylation sites (tertiary alicyclic amines) is 1. The highest BCUT2D eigenvalue weighted by atomic mass is 19.1. The van der Waals surface area contributed by atoms with Crippen molar-refractivity contribution < 1.29 is 13.9 Å². The summed E-state index contributed by atoms with van der Waals surface area (Å²) < 4.78 is 26.4. The molecule has 2 aromatic rings. The summed E-state index contributed by atoms with van der Waals surface area (Å²) in [6.07, 6.45) is 7.81. The van der Waals surface area contributed by atoms with Crippen LogP contribution in [0.25, 0.3) is 0 Å². The smallest absolute Gasteiger partial charge is 0.129 e. The summed E-state index contributed by atoms with van der Waals surface area (Å²) in [6.45, 7) is 9.70. The van der Waals surface area contributed by atoms with Crippen LogP contribution in [0.1, 0.15) is 74.4 Å². The van der Waals surface area contributed by atoms with Crippen molar-refractivity contribution in [3.8, 4) is 0 Å². The topological polar surface area (TPSA) is 46.6 Å². The summed E-state index contributed by atoms with van der Waals surface area (Å²) in [7, 11) is 0. The van der Waals surface area contributed by atoms with Crippen molar-refractivity contribution in [3.05, 3.63) is 58.5 Å². The molecule has 2 saturated heterocycles. The van der Waals surface area contributed by atoms with E-state index in [-0.39, 0.29) is 23.4 Å². The number of hydrogen-bond donors (Lipinski definition) is 1. The maximum atomic E-state index is 14.1. The van der Waals surface area contributed by atoms with Crippen LogP contribution in [-0.2, 0) is 28.9 Å². The average Bonchev–Trinajstić information content (AvgIpc) is 3.44. The average molecular weight is 482 g/mol. The molecule has 0 spiro atoms. The van der Waals surface area contributed by atoms with Gasteiger partial charge in [0.05, 0.1) is 18.8 Å². The number of hydrogen-bond acceptors (Lipinski definition) is 5. The number of rotatable bonds is 9. The zero-order valence-corrected chi connectivity index (χ0v) is 21.3. The van der Waals surface area contributed by atoms with Gasteiger partial charge in [-0.2, -0.15) is 0 Å². The molecule has 2 unspecified atom stereocenters. The van der Waals surface area contributed by atoms with Gasteiger partial charge >= 0.3 is 0 Å². The monoisotopic (exact) mass is 481 g/mol. The molecule has 3 aliphatic heterocycles. The first kappa shape index (κ1) is 24.7. The van der Waals surface area contributed by atoms with Crippen LogP contribution in [0.4, 0.5) is 10.2 Å². The van der Waals surface area contributed by atoms with Crippen molar-refractivity contribution in [2.45, 2.75) is 77.5 Å². The van der Waals surface area contributed by atoms with E-state index in [1.165, 1.54) is 17.7 Å². The number of benzene rings is 1. The Hall–Kier alpha value is -2.02. The molecule has 3 aliphatic rings. The van der Waals surface area contributed by atoms with Gasteiger partial charge in [-0.3, -0.25) is 4.90 Å². The first-order valence-corrected chi connectivity index (χ1v) is 13.4. The molecule has 0 radical (unpaired) electrons. The van der Waals surface area contributed by atoms with Crippen LogP contribution in [0.3, 0.4) is 0 Å². The normalized spacial score (nSPS) is 23.9. The zero-order chi connectivity index (χ0) is 24.3. The van der Waals surface area contributed by atoms with Crippen LogP contribution in [-0.4, -0.2) is 48.8 Å². The Bertz CT molecular complexity index is 1010. The molecule has 5 nitrogen and oxygen atoms in total. The first-order chi connectivity index (χ1) is 16.9. The zero-order valence-electron chi connectivity index (χ0n) is 21.3. The standard InChI is InChI=1S/C29H40FN3O2/c1-29(2)17-27(35-20-29)26-11-9-23(30)16-22(26)18-33-14-12-25(19-33)34-15-4-3-7-24-10-8-21-6-5-13-31-28(21)32-24/h8-11,16,25,27H,3-7,12-15,17-20H2,1-2H3,(H,31,32). The molecule has 35 heavy (non-hydrogen) atoms. The second-order valence-electron chi connectivity index (χ2n) is 11.3. The lowest BCUT2D eigenvalue weighted by Gasteiger charge is -2.21. The minimum atomic E-state index is -0.169. The Kier molecular flexibility index (Phi) is 7.71. The molecular weight excluding hydrogens is 441 g/mol. The number of nitrogens with one attached hydrogen (secondary N) is 1. The molecule has 0 amide bonds. The van der Waals surface area contributed by atoms with Crippen molar-refractivity contribution >= 4 is 5.82 Å². The maximum absolute atomic E-state index is 14.1. The molecule has 0 saturated carbocycles. The Morgan fingerprint density at radius 1 is 1.23 bits per heavy atom. The molecule has 1 aromatic carbocycles. The predicted molar refractivity (Wildman–Crippen MR) is 137 cm³/mol. The highest BCUT2D eigenvalue weighted by molar-refractivity contribution is 5.47. The molecule has 2 fully saturated rings. The molecule has 1 N–H and O–H groups in total. The molecular formula is C29H40FN3O2. The lowest BCUT2D eigenvalue weighted by atomic mass is 9.87. The van der Waals surface area contributed by atoms with Crippen LogP contribution in [0.2, 0.25) is 0 Å². The van der Waals surface area contributed by atoms with Crippen molar-refractivity contribution in [1.82, 2.24) is 9.88 Å². The van der Waals surface area contributed by atoms with Crippen LogP contribution < -0.4 is 5.32 Å². The lowest BCUT2D eigenvalue weighted by Crippen LogP contribution is -2.24. The Labute approximate surface area is 209 Å². The largest absolute Gasteiger partial charge is 0.377 e. The third kappa shape index (κ3) is 6.41. The van der Waals surface area contributed by atoms with Gasteiger partial charge in [-0.05, 0) is 85.3 Å². The molecule has 1 aromatic heterocycles. The minimum absolute atomic E-state index is 0.0654. The van der Waals surface area contributed by atoms with Gasteiger partial charge in [-0.1, -0.05) is 26.0 Å². The summed E-state index contributed by atoms with van der Waals surface area (Å²) in [6, 6.07) is 9.60. The van der Waals surface area contributed by atoms with Crippen molar-refractivity contribution in [2.24, 2.45) is 5.41 Å². The fourth-order valence-electron chi connectivity index (χ4n) is 5.65. The number of anilines is 1. The lowest BCUT2D eigenvalue weighted by molar-refractivity contribution is 0.0560. The molecule has 4 heterocycles. The third-order valence-corrected chi connectivity index (χ3v) is 7.62. The summed E-state index contributed by atoms with van der Waals surface area (Å²) >= 11 is 0. The number of unbranched alkanes of at least 4 members (excludes halogenated alkanes) is 1. The van der Waals surface area contributed by atoms with Crippen molar-refractivity contribution in [2.75, 3.05) is 38.2 Å². The molecule has 0 aliphatic carbocycles. The van der Waals surface area contributed by atoms with E-state index in [4.69, 9.17) is 14.5 Å².